The number of benzene rings is 12. The molecule has 8 aliphatic rings. The molecule has 0 amide bonds. The summed E-state index contributed by atoms with van der Waals surface area (Å²) in [7, 11) is 0. The Labute approximate surface area is 832 Å². The largest absolute Gasteiger partial charge is 0.504 e. The van der Waals surface area contributed by atoms with E-state index in [0.29, 0.717) is 54.6 Å². The summed E-state index contributed by atoms with van der Waals surface area (Å²) in [4.78, 5) is 0. The van der Waals surface area contributed by atoms with E-state index in [1.54, 1.807) is 56.4 Å². The molecule has 0 atom stereocenters. The molecule has 6 nitrogen and oxygen atoms in total. The van der Waals surface area contributed by atoms with E-state index in [4.69, 9.17) is 23.2 Å². The summed E-state index contributed by atoms with van der Waals surface area (Å²) in [5.74, 6) is -14.5. The molecule has 4 N–H and O–H groups in total. The molecule has 0 saturated carbocycles. The third-order valence-electron chi connectivity index (χ3n) is 28.8. The number of fused-ring (bicyclic) bond motifs is 8. The molecule has 20 rings (SSSR count). The Balaban J connectivity index is 0.000000126. The van der Waals surface area contributed by atoms with Gasteiger partial charge < -0.3 is 20.4 Å². The van der Waals surface area contributed by atoms with Crippen LogP contribution in [-0.4, -0.2) is 29.2 Å². The van der Waals surface area contributed by atoms with Crippen LogP contribution in [0.4, 0.5) is 68.5 Å². The summed E-state index contributed by atoms with van der Waals surface area (Å²) in [5.41, 5.74) is 25.3. The van der Waals surface area contributed by atoms with Crippen molar-refractivity contribution >= 4 is 43.4 Å². The number of rotatable bonds is 10. The predicted molar refractivity (Wildman–Crippen MR) is 524 cm³/mol. The van der Waals surface area contributed by atoms with E-state index in [2.05, 4.69) is 49.5 Å². The molecule has 0 saturated heterocycles. The number of phenolic OH excluding ortho intramolecular Hbond substituents is 4. The van der Waals surface area contributed by atoms with Crippen LogP contribution in [0.1, 0.15) is 253 Å². The van der Waals surface area contributed by atoms with Gasteiger partial charge in [-0.1, -0.05) is 0 Å². The van der Waals surface area contributed by atoms with Crippen LogP contribution >= 0.6 is 23.2 Å². The van der Waals surface area contributed by atoms with Crippen LogP contribution in [0, 0.1) is 103 Å². The molecule has 8 aliphatic carbocycles. The fourth-order valence-electron chi connectivity index (χ4n) is 21.3. The van der Waals surface area contributed by atoms with Gasteiger partial charge in [-0.15, -0.1) is 0 Å². The minimum Gasteiger partial charge on any atom is -0.504 e. The van der Waals surface area contributed by atoms with Crippen molar-refractivity contribution in [1.82, 2.24) is 0 Å². The molecule has 23 heteroatoms. The smallest absolute Gasteiger partial charge is 0.165 e. The van der Waals surface area contributed by atoms with Gasteiger partial charge in [0.15, 0.2) is 46.3 Å². The number of hydrogen-bond acceptors (Lipinski definition) is 6. The monoisotopic (exact) mass is 2110 g/mol. The summed E-state index contributed by atoms with van der Waals surface area (Å²) in [6.45, 7) is 15.2. The predicted octanol–water partition coefficient (Wildman–Crippen LogP) is 32.3. The van der Waals surface area contributed by atoms with E-state index in [0.717, 1.165) is 328 Å². The van der Waals surface area contributed by atoms with Gasteiger partial charge in [0.2, 0.25) is 0 Å². The fourth-order valence-corrected chi connectivity index (χ4v) is 25.7. The molecular weight excluding hydrogens is 2000 g/mol. The Bertz CT molecular complexity index is 5980. The number of aryl methyl sites for hydroxylation is 8. The van der Waals surface area contributed by atoms with Crippen LogP contribution < -0.4 is 0 Å². The number of halogens is 15. The zero-order chi connectivity index (χ0) is 99.2. The average molecular weight is 2110 g/mol. The Morgan fingerprint density at radius 2 is 0.446 bits per heavy atom. The molecule has 139 heavy (non-hydrogen) atoms. The minimum atomic E-state index is -2.17. The number of hydrogen-bond donors (Lipinski definition) is 4. The number of aromatic hydroxyl groups is 4. The molecule has 730 valence electrons. The summed E-state index contributed by atoms with van der Waals surface area (Å²) in [5, 5.41) is 43.3. The van der Waals surface area contributed by atoms with Gasteiger partial charge in [-0.2, -0.15) is 0 Å². The first kappa shape index (κ1) is 104. The average Bonchev–Trinajstić information content (AvgIpc) is 0.755. The van der Waals surface area contributed by atoms with Gasteiger partial charge in [0.25, 0.3) is 0 Å². The van der Waals surface area contributed by atoms with E-state index >= 15 is 0 Å². The molecule has 12 aromatic carbocycles. The van der Waals surface area contributed by atoms with Gasteiger partial charge in [0, 0.05) is 22.3 Å². The number of nitrogens with zero attached hydrogens (tertiary/aromatic N) is 2. The number of phenols is 4. The quantitative estimate of drug-likeness (QED) is 0.0474. The van der Waals surface area contributed by atoms with Crippen LogP contribution in [0.25, 0.3) is 44.5 Å². The molecule has 0 aliphatic heterocycles. The summed E-state index contributed by atoms with van der Waals surface area (Å²) >= 11 is 10.1. The van der Waals surface area contributed by atoms with Gasteiger partial charge in [-0.05, 0) is 415 Å². The van der Waals surface area contributed by atoms with Crippen LogP contribution in [0.5, 0.6) is 23.0 Å². The SMILES string of the molecule is CC(C)([CH]=[Mo]=[N]c1c(Cl)cccc1Cl)c1ccccc1.CC(C)([CH]=[Mo]=[N]c1c(F)c(F)c(F)c(F)c1F)c1ccccc1.Cc1c(F)cc2c(c1-c1c(O)c(F)cc3c1CCCC3)CCCC2.Cc1c(F)cc2c(c1-c1c(O)c(F)cc3c1CCCC3)CCCC2.Cc1c(F)cc2c(c1-c1c(O)c(F)cc3c1CCCC3)CCCC2.Cc1c(F)cc2c(c1-c1c(O)c(F)cc3c1CCCC3)CCCC2. The van der Waals surface area contributed by atoms with Crippen molar-refractivity contribution in [2.45, 2.75) is 272 Å². The molecule has 0 spiro atoms. The third-order valence-corrected chi connectivity index (χ3v) is 34.3. The van der Waals surface area contributed by atoms with E-state index in [9.17, 15) is 77.5 Å². The van der Waals surface area contributed by atoms with Crippen LogP contribution in [0.15, 0.2) is 134 Å². The van der Waals surface area contributed by atoms with E-state index in [1.807, 2.05) is 68.4 Å². The van der Waals surface area contributed by atoms with Crippen LogP contribution in [0.2, 0.25) is 10.0 Å². The standard InChI is InChI=1S/4C21H22F2O.2C10H12.C6H3Cl2N.C6F5N.2Mo/c4*1-12-17(22)10-13-6-2-4-8-15(13)19(12)20-16-9-5-3-7-14(16)11-18(23)21(20)24;2*1-10(2,3)9-7-5-4-6-8-9;7-4-2-1-3-5(8)6(4)9;7-1-2(8)4(10)6(12)5(11)3(1)9;;/h4*10-11,24H,2-9H2,1H3;2*1,4-8H,2-3H3;1-3H;;;. The summed E-state index contributed by atoms with van der Waals surface area (Å²) in [6, 6.07) is 37.7. The van der Waals surface area contributed by atoms with Crippen LogP contribution in [-0.2, 0) is 149 Å². The van der Waals surface area contributed by atoms with Crippen molar-refractivity contribution in [3.8, 4) is 67.5 Å². The first-order chi connectivity index (χ1) is 66.6. The Morgan fingerprint density at radius 1 is 0.252 bits per heavy atom. The maximum atomic E-state index is 14.5. The maximum Gasteiger partial charge on any atom is 0.165 e. The van der Waals surface area contributed by atoms with Crippen molar-refractivity contribution in [1.29, 1.82) is 0 Å². The third kappa shape index (κ3) is 22.4. The maximum absolute atomic E-state index is 14.5. The molecule has 12 aromatic rings. The van der Waals surface area contributed by atoms with E-state index < -0.39 is 99.3 Å². The van der Waals surface area contributed by atoms with Crippen molar-refractivity contribution < 1.29 is 113 Å². The second-order valence-corrected chi connectivity index (χ2v) is 42.7. The van der Waals surface area contributed by atoms with E-state index in [1.165, 1.54) is 29.8 Å². The van der Waals surface area contributed by atoms with Crippen LogP contribution in [0.3, 0.4) is 0 Å². The van der Waals surface area contributed by atoms with Gasteiger partial charge in [0.1, 0.15) is 23.3 Å². The molecule has 0 fully saturated rings. The molecule has 0 heterocycles. The van der Waals surface area contributed by atoms with E-state index in [-0.39, 0.29) is 51.7 Å². The molecule has 0 unspecified atom stereocenters. The Kier molecular flexibility index (Phi) is 33.7. The van der Waals surface area contributed by atoms with Crippen molar-refractivity contribution in [2.75, 3.05) is 0 Å². The normalized spacial score (nSPS) is 14.9. The summed E-state index contributed by atoms with van der Waals surface area (Å²) < 4.78 is 194. The van der Waals surface area contributed by atoms with Crippen molar-refractivity contribution in [3.63, 3.8) is 0 Å². The zero-order valence-electron chi connectivity index (χ0n) is 79.6. The van der Waals surface area contributed by atoms with Crippen molar-refractivity contribution in [3.05, 3.63) is 335 Å². The second kappa shape index (κ2) is 45.2. The second-order valence-electron chi connectivity index (χ2n) is 38.8. The first-order valence-electron chi connectivity index (χ1n) is 48.4. The molecular formula is C116H115Cl2F13Mo2N2O4. The fraction of sp³-hybridized carbons (Fsp3) is 0.362. The minimum absolute atomic E-state index is 0.0146. The molecule has 0 aromatic heterocycles. The van der Waals surface area contributed by atoms with Gasteiger partial charge in [0.05, 0.1) is 0 Å². The summed E-state index contributed by atoms with van der Waals surface area (Å²) in [6.07, 6.45) is 30.3. The van der Waals surface area contributed by atoms with Gasteiger partial charge >= 0.3 is 276 Å². The topological polar surface area (TPSA) is 106 Å². The molecule has 0 bridgehead atoms. The first-order valence-corrected chi connectivity index (χ1v) is 53.3. The Hall–Kier alpha value is -9.77. The Morgan fingerprint density at radius 3 is 0.676 bits per heavy atom. The van der Waals surface area contributed by atoms with Crippen molar-refractivity contribution in [2.24, 2.45) is 6.99 Å². The van der Waals surface area contributed by atoms with Gasteiger partial charge in [-0.3, -0.25) is 0 Å². The molecule has 0 radical (unpaired) electrons. The van der Waals surface area contributed by atoms with Gasteiger partial charge in [-0.25, -0.2) is 35.1 Å². The zero-order valence-corrected chi connectivity index (χ0v) is 85.1.